The second kappa shape index (κ2) is 10.3. The number of ether oxygens (including phenoxy) is 4. The lowest BCUT2D eigenvalue weighted by molar-refractivity contribution is 0.166. The van der Waals surface area contributed by atoms with Gasteiger partial charge in [-0.25, -0.2) is 9.97 Å². The molecule has 0 spiro atoms. The molecule has 2 aliphatic heterocycles. The van der Waals surface area contributed by atoms with Crippen molar-refractivity contribution in [3.05, 3.63) is 36.7 Å². The Hall–Kier alpha value is -2.58. The van der Waals surface area contributed by atoms with Crippen LogP contribution >= 0.6 is 0 Å². The molecular weight excluding hydrogens is 372 g/mol. The third-order valence-corrected chi connectivity index (χ3v) is 4.97. The third kappa shape index (κ3) is 5.71. The van der Waals surface area contributed by atoms with E-state index in [1.165, 1.54) is 0 Å². The van der Waals surface area contributed by atoms with Crippen molar-refractivity contribution in [2.75, 3.05) is 64.1 Å². The quantitative estimate of drug-likeness (QED) is 0.638. The van der Waals surface area contributed by atoms with Gasteiger partial charge in [-0.05, 0) is 18.6 Å². The number of nitrogens with one attached hydrogen (secondary N) is 1. The first-order valence-corrected chi connectivity index (χ1v) is 10.2. The van der Waals surface area contributed by atoms with Gasteiger partial charge in [0.05, 0.1) is 13.2 Å². The zero-order valence-electron chi connectivity index (χ0n) is 16.6. The third-order valence-electron chi connectivity index (χ3n) is 4.97. The van der Waals surface area contributed by atoms with E-state index in [2.05, 4.69) is 20.2 Å². The number of aromatic nitrogens is 2. The standard InChI is InChI=1S/C21H28N4O4/c1-2-18(14-19(3-1)29-16-17-4-11-26-15-17)27-12-13-28-21-20(23-5-6-24-21)25-9-7-22-8-10-25/h1-3,5-6,14,17,22H,4,7-13,15-16H2. The molecule has 0 bridgehead atoms. The van der Waals surface area contributed by atoms with Gasteiger partial charge in [-0.3, -0.25) is 0 Å². The number of anilines is 1. The molecule has 8 heteroatoms. The van der Waals surface area contributed by atoms with Gasteiger partial charge in [-0.15, -0.1) is 0 Å². The number of piperazine rings is 1. The Labute approximate surface area is 171 Å². The summed E-state index contributed by atoms with van der Waals surface area (Å²) in [4.78, 5) is 11.0. The van der Waals surface area contributed by atoms with Gasteiger partial charge in [-0.2, -0.15) is 0 Å². The highest BCUT2D eigenvalue weighted by molar-refractivity contribution is 5.48. The Kier molecular flexibility index (Phi) is 6.98. The Bertz CT molecular complexity index is 764. The van der Waals surface area contributed by atoms with Gasteiger partial charge in [-0.1, -0.05) is 6.07 Å². The molecule has 2 fully saturated rings. The molecule has 2 aliphatic rings. The maximum absolute atomic E-state index is 5.87. The summed E-state index contributed by atoms with van der Waals surface area (Å²) >= 11 is 0. The molecule has 0 aliphatic carbocycles. The molecule has 3 heterocycles. The van der Waals surface area contributed by atoms with Crippen molar-refractivity contribution in [3.8, 4) is 17.4 Å². The van der Waals surface area contributed by atoms with Crippen LogP contribution in [0.25, 0.3) is 0 Å². The molecule has 1 aromatic carbocycles. The van der Waals surface area contributed by atoms with Crippen molar-refractivity contribution in [1.82, 2.24) is 15.3 Å². The first kappa shape index (κ1) is 19.7. The first-order valence-electron chi connectivity index (χ1n) is 10.2. The van der Waals surface area contributed by atoms with Crippen LogP contribution in [-0.2, 0) is 4.74 Å². The fraction of sp³-hybridized carbons (Fsp3) is 0.524. The van der Waals surface area contributed by atoms with Crippen molar-refractivity contribution in [3.63, 3.8) is 0 Å². The predicted octanol–water partition coefficient (Wildman–Crippen LogP) is 1.76. The topological polar surface area (TPSA) is 78.0 Å². The fourth-order valence-corrected chi connectivity index (χ4v) is 3.39. The molecule has 156 valence electrons. The highest BCUT2D eigenvalue weighted by Gasteiger charge is 2.18. The van der Waals surface area contributed by atoms with E-state index in [1.54, 1.807) is 12.4 Å². The monoisotopic (exact) mass is 400 g/mol. The van der Waals surface area contributed by atoms with Gasteiger partial charge < -0.3 is 29.2 Å². The van der Waals surface area contributed by atoms with E-state index in [1.807, 2.05) is 24.3 Å². The van der Waals surface area contributed by atoms with Gasteiger partial charge in [0.2, 0.25) is 0 Å². The van der Waals surface area contributed by atoms with Crippen molar-refractivity contribution in [2.24, 2.45) is 5.92 Å². The summed E-state index contributed by atoms with van der Waals surface area (Å²) in [6.45, 7) is 6.76. The highest BCUT2D eigenvalue weighted by atomic mass is 16.5. The van der Waals surface area contributed by atoms with Crippen LogP contribution in [0.1, 0.15) is 6.42 Å². The van der Waals surface area contributed by atoms with E-state index in [0.717, 1.165) is 63.1 Å². The molecule has 0 saturated carbocycles. The number of nitrogens with zero attached hydrogens (tertiary/aromatic N) is 3. The molecule has 1 atom stereocenters. The number of benzene rings is 1. The van der Waals surface area contributed by atoms with E-state index in [4.69, 9.17) is 18.9 Å². The van der Waals surface area contributed by atoms with Crippen LogP contribution in [0.5, 0.6) is 17.4 Å². The van der Waals surface area contributed by atoms with Crippen molar-refractivity contribution < 1.29 is 18.9 Å². The molecule has 2 aromatic rings. The largest absolute Gasteiger partial charge is 0.493 e. The lowest BCUT2D eigenvalue weighted by Crippen LogP contribution is -2.44. The Morgan fingerprint density at radius 3 is 2.66 bits per heavy atom. The average molecular weight is 400 g/mol. The van der Waals surface area contributed by atoms with Crippen LogP contribution in [-0.4, -0.2) is 69.2 Å². The molecule has 2 saturated heterocycles. The van der Waals surface area contributed by atoms with Gasteiger partial charge in [0.25, 0.3) is 5.88 Å². The van der Waals surface area contributed by atoms with Gasteiger partial charge in [0.15, 0.2) is 5.82 Å². The fourth-order valence-electron chi connectivity index (χ4n) is 3.39. The van der Waals surface area contributed by atoms with Crippen molar-refractivity contribution in [2.45, 2.75) is 6.42 Å². The van der Waals surface area contributed by atoms with Gasteiger partial charge in [0, 0.05) is 57.2 Å². The summed E-state index contributed by atoms with van der Waals surface area (Å²) in [5.74, 6) is 3.39. The molecule has 1 aromatic heterocycles. The molecule has 0 radical (unpaired) electrons. The smallest absolute Gasteiger partial charge is 0.257 e. The predicted molar refractivity (Wildman–Crippen MR) is 109 cm³/mol. The van der Waals surface area contributed by atoms with Crippen LogP contribution in [0.4, 0.5) is 5.82 Å². The van der Waals surface area contributed by atoms with Crippen molar-refractivity contribution in [1.29, 1.82) is 0 Å². The molecule has 29 heavy (non-hydrogen) atoms. The SMILES string of the molecule is c1cc(OCCOc2nccnc2N2CCNCC2)cc(OCC2CCOC2)c1. The van der Waals surface area contributed by atoms with Gasteiger partial charge >= 0.3 is 0 Å². The number of rotatable bonds is 9. The minimum atomic E-state index is 0.391. The van der Waals surface area contributed by atoms with Crippen LogP contribution < -0.4 is 24.4 Å². The zero-order valence-corrected chi connectivity index (χ0v) is 16.6. The van der Waals surface area contributed by atoms with Crippen LogP contribution in [0.3, 0.4) is 0 Å². The molecular formula is C21H28N4O4. The first-order chi connectivity index (χ1) is 14.4. The average Bonchev–Trinajstić information content (AvgIpc) is 3.30. The normalized spacial score (nSPS) is 19.2. The van der Waals surface area contributed by atoms with Gasteiger partial charge in [0.1, 0.15) is 24.7 Å². The van der Waals surface area contributed by atoms with E-state index in [9.17, 15) is 0 Å². The second-order valence-corrected chi connectivity index (χ2v) is 7.13. The molecule has 8 nitrogen and oxygen atoms in total. The Balaban J connectivity index is 1.24. The molecule has 1 unspecified atom stereocenters. The molecule has 0 amide bonds. The van der Waals surface area contributed by atoms with Crippen LogP contribution in [0.15, 0.2) is 36.7 Å². The minimum absolute atomic E-state index is 0.391. The maximum Gasteiger partial charge on any atom is 0.257 e. The van der Waals surface area contributed by atoms with E-state index >= 15 is 0 Å². The van der Waals surface area contributed by atoms with E-state index < -0.39 is 0 Å². The van der Waals surface area contributed by atoms with Crippen molar-refractivity contribution >= 4 is 5.82 Å². The highest BCUT2D eigenvalue weighted by Crippen LogP contribution is 2.24. The summed E-state index contributed by atoms with van der Waals surface area (Å²) in [5, 5.41) is 3.34. The lowest BCUT2D eigenvalue weighted by atomic mass is 10.1. The number of hydrogen-bond acceptors (Lipinski definition) is 8. The summed E-state index contributed by atoms with van der Waals surface area (Å²) in [6, 6.07) is 7.70. The lowest BCUT2D eigenvalue weighted by Gasteiger charge is -2.28. The summed E-state index contributed by atoms with van der Waals surface area (Å²) in [7, 11) is 0. The molecule has 1 N–H and O–H groups in total. The van der Waals surface area contributed by atoms with E-state index in [0.29, 0.717) is 31.6 Å². The zero-order chi connectivity index (χ0) is 19.7. The Morgan fingerprint density at radius 2 is 1.83 bits per heavy atom. The van der Waals surface area contributed by atoms with E-state index in [-0.39, 0.29) is 0 Å². The minimum Gasteiger partial charge on any atom is -0.493 e. The van der Waals surface area contributed by atoms with Crippen LogP contribution in [0.2, 0.25) is 0 Å². The second-order valence-electron chi connectivity index (χ2n) is 7.13. The maximum atomic E-state index is 5.87. The van der Waals surface area contributed by atoms with Crippen LogP contribution in [0, 0.1) is 5.92 Å². The Morgan fingerprint density at radius 1 is 1.03 bits per heavy atom. The summed E-state index contributed by atoms with van der Waals surface area (Å²) in [6.07, 6.45) is 4.41. The summed E-state index contributed by atoms with van der Waals surface area (Å²) < 4.78 is 22.9. The number of hydrogen-bond donors (Lipinski definition) is 1. The summed E-state index contributed by atoms with van der Waals surface area (Å²) in [5.41, 5.74) is 0. The molecule has 4 rings (SSSR count).